The molecule has 0 unspecified atom stereocenters. The Bertz CT molecular complexity index is 1300. The number of carboxylic acids is 1. The second-order valence-electron chi connectivity index (χ2n) is 14.4. The number of aliphatic carboxylic acids is 1. The molecule has 1 amide bonds. The van der Waals surface area contributed by atoms with Crippen molar-refractivity contribution in [1.29, 1.82) is 0 Å². The molecule has 0 aliphatic heterocycles. The van der Waals surface area contributed by atoms with Crippen molar-refractivity contribution < 1.29 is 60.9 Å². The maximum absolute atomic E-state index is 14.7. The van der Waals surface area contributed by atoms with Gasteiger partial charge in [-0.15, -0.1) is 0 Å². The number of halogens is 4. The lowest BCUT2D eigenvalue weighted by molar-refractivity contribution is -0.166. The Hall–Kier alpha value is -3.40. The van der Waals surface area contributed by atoms with Gasteiger partial charge in [-0.1, -0.05) is 32.9 Å². The van der Waals surface area contributed by atoms with E-state index in [0.29, 0.717) is 0 Å². The summed E-state index contributed by atoms with van der Waals surface area (Å²) in [5.41, 5.74) is -7.51. The minimum atomic E-state index is -4.51. The van der Waals surface area contributed by atoms with Crippen molar-refractivity contribution >= 4 is 41.5 Å². The van der Waals surface area contributed by atoms with Crippen molar-refractivity contribution in [2.45, 2.75) is 128 Å². The van der Waals surface area contributed by atoms with Gasteiger partial charge in [0.2, 0.25) is 6.10 Å². The number of thioether (sulfide) groups is 1. The summed E-state index contributed by atoms with van der Waals surface area (Å²) in [5, 5.41) is 12.2. The van der Waals surface area contributed by atoms with Crippen molar-refractivity contribution in [3.05, 3.63) is 29.8 Å². The normalized spacial score (nSPS) is 15.0. The van der Waals surface area contributed by atoms with Gasteiger partial charge in [-0.3, -0.25) is 19.8 Å². The zero-order valence-corrected chi connectivity index (χ0v) is 30.3. The van der Waals surface area contributed by atoms with E-state index in [4.69, 9.17) is 14.2 Å². The molecule has 1 rings (SSSR count). The zero-order valence-electron chi connectivity index (χ0n) is 29.5. The van der Waals surface area contributed by atoms with Crippen LogP contribution >= 0.6 is 11.8 Å². The van der Waals surface area contributed by atoms with Crippen LogP contribution in [-0.4, -0.2) is 94.5 Å². The summed E-state index contributed by atoms with van der Waals surface area (Å²) < 4.78 is 68.5. The number of hydrogen-bond donors (Lipinski definition) is 2. The Balaban J connectivity index is 3.02. The first-order valence-corrected chi connectivity index (χ1v) is 16.3. The number of carbonyl (C=O) groups is 5. The summed E-state index contributed by atoms with van der Waals surface area (Å²) in [4.78, 5) is 64.9. The van der Waals surface area contributed by atoms with E-state index in [2.05, 4.69) is 5.32 Å². The predicted molar refractivity (Wildman–Crippen MR) is 174 cm³/mol. The van der Waals surface area contributed by atoms with Gasteiger partial charge in [-0.25, -0.2) is 18.8 Å². The van der Waals surface area contributed by atoms with E-state index in [9.17, 15) is 46.6 Å². The van der Waals surface area contributed by atoms with Crippen molar-refractivity contribution in [1.82, 2.24) is 10.2 Å². The summed E-state index contributed by atoms with van der Waals surface area (Å²) in [7, 11) is 1.38. The first-order chi connectivity index (χ1) is 22.1. The monoisotopic (exact) mass is 724 g/mol. The van der Waals surface area contributed by atoms with Crippen molar-refractivity contribution in [2.24, 2.45) is 5.41 Å². The number of likely N-dealkylation sites (N-methyl/N-ethyl adjacent to an activating group) is 1. The molecule has 0 radical (unpaired) electrons. The van der Waals surface area contributed by atoms with Crippen LogP contribution in [0.1, 0.15) is 80.7 Å². The second-order valence-corrected chi connectivity index (χ2v) is 15.6. The van der Waals surface area contributed by atoms with E-state index in [1.165, 1.54) is 26.1 Å². The summed E-state index contributed by atoms with van der Waals surface area (Å²) in [6.07, 6.45) is -4.68. The summed E-state index contributed by atoms with van der Waals surface area (Å²) in [6.45, 7) is 13.6. The highest BCUT2D eigenvalue weighted by Crippen LogP contribution is 2.36. The molecule has 11 nitrogen and oxygen atoms in total. The van der Waals surface area contributed by atoms with Gasteiger partial charge in [-0.2, -0.15) is 13.2 Å². The lowest BCUT2D eigenvalue weighted by Crippen LogP contribution is -2.49. The molecule has 2 N–H and O–H groups in total. The van der Waals surface area contributed by atoms with Crippen LogP contribution in [0.4, 0.5) is 22.4 Å². The Labute approximate surface area is 288 Å². The molecule has 0 fully saturated rings. The fraction of sp³-hybridized carbons (Fsp3) is 0.667. The molecule has 0 heterocycles. The number of rotatable bonds is 16. The van der Waals surface area contributed by atoms with Crippen LogP contribution in [-0.2, 0) is 39.8 Å². The fourth-order valence-electron chi connectivity index (χ4n) is 4.27. The lowest BCUT2D eigenvalue weighted by atomic mass is 9.87. The number of benzene rings is 1. The quantitative estimate of drug-likeness (QED) is 0.0881. The third-order valence-corrected chi connectivity index (χ3v) is 7.32. The minimum absolute atomic E-state index is 0.126. The molecule has 49 heavy (non-hydrogen) atoms. The van der Waals surface area contributed by atoms with Crippen LogP contribution in [0.15, 0.2) is 29.2 Å². The van der Waals surface area contributed by atoms with E-state index in [1.807, 2.05) is 20.8 Å². The van der Waals surface area contributed by atoms with Crippen LogP contribution in [0.2, 0.25) is 0 Å². The topological polar surface area (TPSA) is 149 Å². The number of carboxylic acid groups (broad SMARTS) is 1. The van der Waals surface area contributed by atoms with Gasteiger partial charge in [0.15, 0.2) is 11.9 Å². The summed E-state index contributed by atoms with van der Waals surface area (Å²) in [5.74, 6) is -4.34. The molecule has 0 aliphatic rings. The average molecular weight is 725 g/mol. The number of nitrogens with zero attached hydrogens (tertiary/aromatic N) is 1. The van der Waals surface area contributed by atoms with Gasteiger partial charge in [0.25, 0.3) is 0 Å². The second kappa shape index (κ2) is 17.5. The maximum Gasteiger partial charge on any atom is 0.446 e. The zero-order chi connectivity index (χ0) is 38.1. The Morgan fingerprint density at radius 3 is 1.88 bits per heavy atom. The molecular formula is C33H48F4N2O9S. The first-order valence-electron chi connectivity index (χ1n) is 15.5. The molecule has 0 saturated carbocycles. The fourth-order valence-corrected chi connectivity index (χ4v) is 4.81. The molecule has 0 aromatic heterocycles. The predicted octanol–water partition coefficient (Wildman–Crippen LogP) is 6.11. The third kappa shape index (κ3) is 17.7. The summed E-state index contributed by atoms with van der Waals surface area (Å²) >= 11 is -0.347. The lowest BCUT2D eigenvalue weighted by Gasteiger charge is -2.33. The number of alkyl halides is 4. The van der Waals surface area contributed by atoms with E-state index < -0.39 is 95.7 Å². The van der Waals surface area contributed by atoms with Crippen LogP contribution in [0.5, 0.6) is 0 Å². The number of Topliss-reactive ketones (excluding diaryl/α,β-unsaturated/α-hetero) is 1. The molecule has 0 spiro atoms. The van der Waals surface area contributed by atoms with Gasteiger partial charge in [0.05, 0.1) is 6.54 Å². The number of carbonyl (C=O) groups excluding carboxylic acids is 4. The number of nitrogens with one attached hydrogen (secondary N) is 1. The highest BCUT2D eigenvalue weighted by Gasteiger charge is 2.37. The van der Waals surface area contributed by atoms with Crippen LogP contribution in [0, 0.1) is 5.41 Å². The Morgan fingerprint density at radius 2 is 1.43 bits per heavy atom. The number of ether oxygens (including phenoxy) is 3. The molecule has 0 saturated heterocycles. The van der Waals surface area contributed by atoms with Crippen LogP contribution in [0.3, 0.4) is 0 Å². The van der Waals surface area contributed by atoms with Crippen LogP contribution in [0.25, 0.3) is 0 Å². The highest BCUT2D eigenvalue weighted by molar-refractivity contribution is 8.00. The smallest absolute Gasteiger partial charge is 0.446 e. The van der Waals surface area contributed by atoms with Crippen molar-refractivity contribution in [3.8, 4) is 0 Å². The molecule has 0 aliphatic carbocycles. The first kappa shape index (κ1) is 43.6. The third-order valence-electron chi connectivity index (χ3n) is 6.58. The molecule has 4 atom stereocenters. The minimum Gasteiger partial charge on any atom is -0.478 e. The number of ketones is 1. The van der Waals surface area contributed by atoms with E-state index >= 15 is 0 Å². The number of hydrogen-bond acceptors (Lipinski definition) is 10. The molecule has 0 bridgehead atoms. The van der Waals surface area contributed by atoms with E-state index in [1.54, 1.807) is 20.8 Å². The molecular weight excluding hydrogens is 676 g/mol. The van der Waals surface area contributed by atoms with Crippen molar-refractivity contribution in [2.75, 3.05) is 13.6 Å². The van der Waals surface area contributed by atoms with Gasteiger partial charge in [0, 0.05) is 24.8 Å². The number of amides is 1. The average Bonchev–Trinajstić information content (AvgIpc) is 2.90. The standard InChI is InChI=1S/C33H48F4N2O9S/c1-19(46-28(44)23(17-30(2,3)4)39(10)29(45)48-31(5,6)7)24(40)18-38-22(16-32(8,9)34)27(43)47-25(26(41)42)15-20-11-13-21(14-12-20)49-33(35,36)37/h11-14,19,22-23,25,38H,15-18H2,1-10H3,(H,41,42)/t19-,22+,23+,25-/m1/s1. The van der Waals surface area contributed by atoms with Gasteiger partial charge >= 0.3 is 29.5 Å². The van der Waals surface area contributed by atoms with Crippen molar-refractivity contribution in [3.63, 3.8) is 0 Å². The van der Waals surface area contributed by atoms with E-state index in [0.717, 1.165) is 30.9 Å². The Morgan fingerprint density at radius 1 is 0.878 bits per heavy atom. The van der Waals surface area contributed by atoms with Gasteiger partial charge in [-0.05, 0) is 82.8 Å². The number of esters is 2. The van der Waals surface area contributed by atoms with Gasteiger partial charge < -0.3 is 19.3 Å². The molecule has 16 heteroatoms. The molecule has 1 aromatic rings. The molecule has 1 aromatic carbocycles. The molecule has 278 valence electrons. The van der Waals surface area contributed by atoms with Gasteiger partial charge in [0.1, 0.15) is 23.4 Å². The maximum atomic E-state index is 14.7. The largest absolute Gasteiger partial charge is 0.478 e. The van der Waals surface area contributed by atoms with E-state index in [-0.39, 0.29) is 28.6 Å². The van der Waals surface area contributed by atoms with Crippen LogP contribution < -0.4 is 5.32 Å². The highest BCUT2D eigenvalue weighted by atomic mass is 32.2. The SMILES string of the molecule is C[C@@H](OC(=O)[C@H](CC(C)(C)C)N(C)C(=O)OC(C)(C)C)C(=O)CN[C@@H](CC(C)(C)F)C(=O)O[C@H](Cc1ccc(SC(F)(F)F)cc1)C(=O)O. The summed E-state index contributed by atoms with van der Waals surface area (Å²) in [6, 6.07) is 2.19. The Kier molecular flexibility index (Phi) is 15.6.